The number of halogens is 2. The molecule has 2 aromatic rings. The number of hydrogen-bond acceptors (Lipinski definition) is 4. The second kappa shape index (κ2) is 5.49. The van der Waals surface area contributed by atoms with Gasteiger partial charge in [-0.25, -0.2) is 8.78 Å². The molecule has 1 N–H and O–H groups in total. The predicted octanol–water partition coefficient (Wildman–Crippen LogP) is 2.90. The molecule has 0 aliphatic carbocycles. The lowest BCUT2D eigenvalue weighted by Gasteiger charge is -2.01. The molecule has 96 valence electrons. The molecule has 3 nitrogen and oxygen atoms in total. The summed E-state index contributed by atoms with van der Waals surface area (Å²) < 4.78 is 26.8. The van der Waals surface area contributed by atoms with Gasteiger partial charge >= 0.3 is 0 Å². The molecule has 0 bridgehead atoms. The average Bonchev–Trinajstić information content (AvgIpc) is 2.79. The zero-order chi connectivity index (χ0) is 13.1. The highest BCUT2D eigenvalue weighted by molar-refractivity contribution is 7.14. The molecule has 0 amide bonds. The SMILES string of the molecule is CCNCc1nnc(-c2cc(C)c(F)cc2F)s1. The molecular weight excluding hydrogens is 256 g/mol. The Hall–Kier alpha value is -1.40. The highest BCUT2D eigenvalue weighted by Crippen LogP contribution is 2.28. The summed E-state index contributed by atoms with van der Waals surface area (Å²) in [5, 5.41) is 12.3. The van der Waals surface area contributed by atoms with Crippen LogP contribution in [0.25, 0.3) is 10.6 Å². The van der Waals surface area contributed by atoms with Gasteiger partial charge in [0.1, 0.15) is 16.6 Å². The van der Waals surface area contributed by atoms with Crippen LogP contribution in [0.5, 0.6) is 0 Å². The van der Waals surface area contributed by atoms with Gasteiger partial charge in [0.15, 0.2) is 5.01 Å². The molecule has 1 heterocycles. The average molecular weight is 269 g/mol. The Bertz CT molecular complexity index is 554. The van der Waals surface area contributed by atoms with Crippen molar-refractivity contribution in [3.05, 3.63) is 34.3 Å². The molecule has 0 saturated carbocycles. The molecule has 0 fully saturated rings. The topological polar surface area (TPSA) is 37.8 Å². The van der Waals surface area contributed by atoms with Crippen molar-refractivity contribution in [3.63, 3.8) is 0 Å². The van der Waals surface area contributed by atoms with Gasteiger partial charge in [-0.15, -0.1) is 10.2 Å². The summed E-state index contributed by atoms with van der Waals surface area (Å²) in [4.78, 5) is 0. The second-order valence-corrected chi connectivity index (χ2v) is 4.92. The smallest absolute Gasteiger partial charge is 0.150 e. The van der Waals surface area contributed by atoms with Crippen molar-refractivity contribution in [2.45, 2.75) is 20.4 Å². The zero-order valence-electron chi connectivity index (χ0n) is 10.1. The van der Waals surface area contributed by atoms with E-state index in [-0.39, 0.29) is 0 Å². The van der Waals surface area contributed by atoms with E-state index in [1.54, 1.807) is 6.92 Å². The summed E-state index contributed by atoms with van der Waals surface area (Å²) in [6, 6.07) is 2.35. The van der Waals surface area contributed by atoms with Gasteiger partial charge in [-0.2, -0.15) is 0 Å². The van der Waals surface area contributed by atoms with E-state index in [4.69, 9.17) is 0 Å². The summed E-state index contributed by atoms with van der Waals surface area (Å²) in [6.45, 7) is 5.03. The van der Waals surface area contributed by atoms with Crippen molar-refractivity contribution in [1.29, 1.82) is 0 Å². The minimum atomic E-state index is -0.607. The maximum atomic E-state index is 13.7. The molecule has 0 unspecified atom stereocenters. The van der Waals surface area contributed by atoms with E-state index in [9.17, 15) is 8.78 Å². The van der Waals surface area contributed by atoms with Crippen molar-refractivity contribution in [1.82, 2.24) is 15.5 Å². The maximum Gasteiger partial charge on any atom is 0.150 e. The van der Waals surface area contributed by atoms with Crippen LogP contribution in [-0.2, 0) is 6.54 Å². The fraction of sp³-hybridized carbons (Fsp3) is 0.333. The first-order valence-electron chi connectivity index (χ1n) is 5.61. The number of benzene rings is 1. The maximum absolute atomic E-state index is 13.7. The van der Waals surface area contributed by atoms with Gasteiger partial charge in [-0.05, 0) is 25.1 Å². The molecule has 6 heteroatoms. The fourth-order valence-corrected chi connectivity index (χ4v) is 2.31. The lowest BCUT2D eigenvalue weighted by atomic mass is 10.1. The lowest BCUT2D eigenvalue weighted by molar-refractivity contribution is 0.579. The third-order valence-corrected chi connectivity index (χ3v) is 3.43. The lowest BCUT2D eigenvalue weighted by Crippen LogP contribution is -2.11. The summed E-state index contributed by atoms with van der Waals surface area (Å²) in [5.41, 5.74) is 0.698. The quantitative estimate of drug-likeness (QED) is 0.927. The first-order chi connectivity index (χ1) is 8.61. The minimum Gasteiger partial charge on any atom is -0.311 e. The van der Waals surface area contributed by atoms with Crippen LogP contribution in [0.2, 0.25) is 0 Å². The number of hydrogen-bond donors (Lipinski definition) is 1. The Balaban J connectivity index is 2.31. The Morgan fingerprint density at radius 1 is 1.22 bits per heavy atom. The van der Waals surface area contributed by atoms with E-state index >= 15 is 0 Å². The number of nitrogens with zero attached hydrogens (tertiary/aromatic N) is 2. The molecule has 0 radical (unpaired) electrons. The standard InChI is InChI=1S/C12H13F2N3S/c1-3-15-6-11-16-17-12(18-11)8-4-7(2)9(13)5-10(8)14/h4-5,15H,3,6H2,1-2H3. The second-order valence-electron chi connectivity index (χ2n) is 3.86. The van der Waals surface area contributed by atoms with Crippen LogP contribution in [0, 0.1) is 18.6 Å². The third kappa shape index (κ3) is 2.70. The Morgan fingerprint density at radius 2 is 2.00 bits per heavy atom. The zero-order valence-corrected chi connectivity index (χ0v) is 10.9. The van der Waals surface area contributed by atoms with Gasteiger partial charge in [-0.3, -0.25) is 0 Å². The number of rotatable bonds is 4. The van der Waals surface area contributed by atoms with E-state index in [2.05, 4.69) is 15.5 Å². The molecule has 18 heavy (non-hydrogen) atoms. The number of nitrogens with one attached hydrogen (secondary N) is 1. The highest BCUT2D eigenvalue weighted by atomic mass is 32.1. The Labute approximate surface area is 108 Å². The van der Waals surface area contributed by atoms with Crippen LogP contribution in [0.1, 0.15) is 17.5 Å². The summed E-state index contributed by atoms with van der Waals surface area (Å²) >= 11 is 1.31. The molecule has 0 saturated heterocycles. The number of aryl methyl sites for hydroxylation is 1. The van der Waals surface area contributed by atoms with Crippen LogP contribution in [0.15, 0.2) is 12.1 Å². The van der Waals surface area contributed by atoms with E-state index < -0.39 is 11.6 Å². The third-order valence-electron chi connectivity index (χ3n) is 2.47. The van der Waals surface area contributed by atoms with Crippen molar-refractivity contribution >= 4 is 11.3 Å². The minimum absolute atomic E-state index is 0.300. The highest BCUT2D eigenvalue weighted by Gasteiger charge is 2.13. The Kier molecular flexibility index (Phi) is 3.98. The summed E-state index contributed by atoms with van der Waals surface area (Å²) in [6.07, 6.45) is 0. The normalized spacial score (nSPS) is 10.9. The van der Waals surface area contributed by atoms with Gasteiger partial charge in [0.2, 0.25) is 0 Å². The summed E-state index contributed by atoms with van der Waals surface area (Å²) in [5.74, 6) is -1.15. The molecular formula is C12H13F2N3S. The molecule has 1 aromatic carbocycles. The van der Waals surface area contributed by atoms with E-state index in [0.717, 1.165) is 17.6 Å². The van der Waals surface area contributed by atoms with Crippen molar-refractivity contribution in [2.24, 2.45) is 0 Å². The van der Waals surface area contributed by atoms with Gasteiger partial charge < -0.3 is 5.32 Å². The van der Waals surface area contributed by atoms with Gasteiger partial charge in [-0.1, -0.05) is 18.3 Å². The molecule has 0 aliphatic rings. The molecule has 1 aromatic heterocycles. The Morgan fingerprint density at radius 3 is 2.72 bits per heavy atom. The van der Waals surface area contributed by atoms with Crippen molar-refractivity contribution in [2.75, 3.05) is 6.54 Å². The molecule has 2 rings (SSSR count). The van der Waals surface area contributed by atoms with Crippen LogP contribution in [0.3, 0.4) is 0 Å². The van der Waals surface area contributed by atoms with Gasteiger partial charge in [0.05, 0.1) is 0 Å². The first-order valence-corrected chi connectivity index (χ1v) is 6.42. The van der Waals surface area contributed by atoms with Crippen LogP contribution in [-0.4, -0.2) is 16.7 Å². The monoisotopic (exact) mass is 269 g/mol. The van der Waals surface area contributed by atoms with Gasteiger partial charge in [0, 0.05) is 18.2 Å². The van der Waals surface area contributed by atoms with Crippen LogP contribution >= 0.6 is 11.3 Å². The first kappa shape index (κ1) is 13.0. The largest absolute Gasteiger partial charge is 0.311 e. The van der Waals surface area contributed by atoms with Crippen molar-refractivity contribution in [3.8, 4) is 10.6 Å². The van der Waals surface area contributed by atoms with Crippen LogP contribution in [0.4, 0.5) is 8.78 Å². The molecule has 0 aliphatic heterocycles. The predicted molar refractivity (Wildman–Crippen MR) is 67.4 cm³/mol. The molecule has 0 atom stereocenters. The van der Waals surface area contributed by atoms with Gasteiger partial charge in [0.25, 0.3) is 0 Å². The van der Waals surface area contributed by atoms with E-state index in [0.29, 0.717) is 22.7 Å². The number of aromatic nitrogens is 2. The molecule has 0 spiro atoms. The fourth-order valence-electron chi connectivity index (χ4n) is 1.49. The summed E-state index contributed by atoms with van der Waals surface area (Å²) in [7, 11) is 0. The van der Waals surface area contributed by atoms with Crippen LogP contribution < -0.4 is 5.32 Å². The van der Waals surface area contributed by atoms with E-state index in [1.165, 1.54) is 17.4 Å². The van der Waals surface area contributed by atoms with E-state index in [1.807, 2.05) is 6.92 Å². The van der Waals surface area contributed by atoms with Crippen molar-refractivity contribution < 1.29 is 8.78 Å².